The first-order chi connectivity index (χ1) is 10.9. The SMILES string of the molecule is COC[C@H]1CNCCN1CC1CCN(C(=O)OC(C)(C)C)CC1. The van der Waals surface area contributed by atoms with E-state index in [0.29, 0.717) is 12.0 Å². The fraction of sp³-hybridized carbons (Fsp3) is 0.941. The number of piperidine rings is 1. The number of carbonyl (C=O) groups is 1. The minimum atomic E-state index is -0.415. The first kappa shape index (κ1) is 18.5. The van der Waals surface area contributed by atoms with E-state index in [1.165, 1.54) is 0 Å². The molecule has 1 N–H and O–H groups in total. The Labute approximate surface area is 140 Å². The lowest BCUT2D eigenvalue weighted by Crippen LogP contribution is -2.55. The van der Waals surface area contributed by atoms with E-state index in [0.717, 1.165) is 58.7 Å². The number of piperazine rings is 1. The molecule has 2 rings (SSSR count). The third-order valence-corrected chi connectivity index (χ3v) is 4.59. The molecule has 0 spiro atoms. The molecule has 0 aromatic rings. The van der Waals surface area contributed by atoms with Crippen LogP contribution < -0.4 is 5.32 Å². The van der Waals surface area contributed by atoms with Crippen LogP contribution in [-0.2, 0) is 9.47 Å². The van der Waals surface area contributed by atoms with Crippen LogP contribution in [0.5, 0.6) is 0 Å². The highest BCUT2D eigenvalue weighted by molar-refractivity contribution is 5.68. The van der Waals surface area contributed by atoms with Gasteiger partial charge in [-0.05, 0) is 39.5 Å². The van der Waals surface area contributed by atoms with Gasteiger partial charge in [0.25, 0.3) is 0 Å². The first-order valence-corrected chi connectivity index (χ1v) is 8.80. The second-order valence-corrected chi connectivity index (χ2v) is 7.72. The largest absolute Gasteiger partial charge is 0.444 e. The normalized spacial score (nSPS) is 24.7. The van der Waals surface area contributed by atoms with Crippen LogP contribution in [0.3, 0.4) is 0 Å². The molecule has 2 fully saturated rings. The summed E-state index contributed by atoms with van der Waals surface area (Å²) in [4.78, 5) is 16.5. The van der Waals surface area contributed by atoms with Gasteiger partial charge in [-0.2, -0.15) is 0 Å². The zero-order valence-corrected chi connectivity index (χ0v) is 15.1. The number of hydrogen-bond donors (Lipinski definition) is 1. The molecular weight excluding hydrogens is 294 g/mol. The van der Waals surface area contributed by atoms with Gasteiger partial charge in [0.1, 0.15) is 5.60 Å². The molecule has 6 nitrogen and oxygen atoms in total. The van der Waals surface area contributed by atoms with Crippen LogP contribution >= 0.6 is 0 Å². The second-order valence-electron chi connectivity index (χ2n) is 7.72. The topological polar surface area (TPSA) is 54.0 Å². The number of amides is 1. The first-order valence-electron chi connectivity index (χ1n) is 8.80. The third-order valence-electron chi connectivity index (χ3n) is 4.59. The van der Waals surface area contributed by atoms with E-state index in [1.54, 1.807) is 7.11 Å². The number of ether oxygens (including phenoxy) is 2. The summed E-state index contributed by atoms with van der Waals surface area (Å²) in [6.45, 7) is 12.4. The molecule has 0 radical (unpaired) electrons. The van der Waals surface area contributed by atoms with Crippen molar-refractivity contribution in [3.8, 4) is 0 Å². The van der Waals surface area contributed by atoms with Crippen LogP contribution in [0.4, 0.5) is 4.79 Å². The van der Waals surface area contributed by atoms with Crippen LogP contribution in [0.1, 0.15) is 33.6 Å². The van der Waals surface area contributed by atoms with E-state index in [2.05, 4.69) is 10.2 Å². The third kappa shape index (κ3) is 5.94. The van der Waals surface area contributed by atoms with E-state index in [-0.39, 0.29) is 6.09 Å². The van der Waals surface area contributed by atoms with Crippen LogP contribution in [-0.4, -0.2) is 80.5 Å². The summed E-state index contributed by atoms with van der Waals surface area (Å²) in [7, 11) is 1.77. The van der Waals surface area contributed by atoms with Crippen molar-refractivity contribution in [3.05, 3.63) is 0 Å². The zero-order valence-electron chi connectivity index (χ0n) is 15.1. The summed E-state index contributed by atoms with van der Waals surface area (Å²) in [5.74, 6) is 0.658. The summed E-state index contributed by atoms with van der Waals surface area (Å²) in [5, 5.41) is 3.44. The molecule has 1 amide bonds. The molecule has 0 aliphatic carbocycles. The van der Waals surface area contributed by atoms with Crippen molar-refractivity contribution in [3.63, 3.8) is 0 Å². The van der Waals surface area contributed by atoms with Crippen LogP contribution in [0.2, 0.25) is 0 Å². The van der Waals surface area contributed by atoms with Crippen molar-refractivity contribution >= 4 is 6.09 Å². The number of likely N-dealkylation sites (tertiary alicyclic amines) is 1. The maximum atomic E-state index is 12.1. The van der Waals surface area contributed by atoms with Crippen molar-refractivity contribution in [2.75, 3.05) is 53.0 Å². The summed E-state index contributed by atoms with van der Waals surface area (Å²) in [5.41, 5.74) is -0.415. The van der Waals surface area contributed by atoms with Gasteiger partial charge in [-0.3, -0.25) is 4.90 Å². The smallest absolute Gasteiger partial charge is 0.410 e. The Morgan fingerprint density at radius 1 is 1.22 bits per heavy atom. The minimum absolute atomic E-state index is 0.171. The lowest BCUT2D eigenvalue weighted by atomic mass is 9.95. The predicted molar refractivity (Wildman–Crippen MR) is 90.6 cm³/mol. The summed E-state index contributed by atoms with van der Waals surface area (Å²) >= 11 is 0. The van der Waals surface area contributed by atoms with E-state index < -0.39 is 5.60 Å². The standard InChI is InChI=1S/C17H33N3O3/c1-17(2,3)23-16(21)19-8-5-14(6-9-19)12-20-10-7-18-11-15(20)13-22-4/h14-15,18H,5-13H2,1-4H3/t15-/m1/s1. The number of methoxy groups -OCH3 is 1. The van der Waals surface area contributed by atoms with E-state index >= 15 is 0 Å². The van der Waals surface area contributed by atoms with Gasteiger partial charge in [0.05, 0.1) is 6.61 Å². The van der Waals surface area contributed by atoms with Gasteiger partial charge in [0, 0.05) is 52.4 Å². The molecule has 0 aromatic heterocycles. The Morgan fingerprint density at radius 3 is 2.52 bits per heavy atom. The zero-order chi connectivity index (χ0) is 16.9. The predicted octanol–water partition coefficient (Wildman–Crippen LogP) is 1.55. The molecule has 0 bridgehead atoms. The number of hydrogen-bond acceptors (Lipinski definition) is 5. The number of nitrogens with one attached hydrogen (secondary N) is 1. The van der Waals surface area contributed by atoms with Gasteiger partial charge < -0.3 is 19.7 Å². The molecule has 2 saturated heterocycles. The van der Waals surface area contributed by atoms with Gasteiger partial charge in [-0.25, -0.2) is 4.79 Å². The fourth-order valence-electron chi connectivity index (χ4n) is 3.36. The van der Waals surface area contributed by atoms with E-state index in [4.69, 9.17) is 9.47 Å². The Balaban J connectivity index is 1.76. The quantitative estimate of drug-likeness (QED) is 0.849. The number of rotatable bonds is 4. The molecule has 0 unspecified atom stereocenters. The average Bonchev–Trinajstić information content (AvgIpc) is 2.48. The van der Waals surface area contributed by atoms with Gasteiger partial charge in [0.2, 0.25) is 0 Å². The molecule has 2 aliphatic heterocycles. The highest BCUT2D eigenvalue weighted by Crippen LogP contribution is 2.21. The Hall–Kier alpha value is -0.850. The van der Waals surface area contributed by atoms with E-state index in [9.17, 15) is 4.79 Å². The molecule has 1 atom stereocenters. The molecule has 23 heavy (non-hydrogen) atoms. The average molecular weight is 327 g/mol. The Bertz CT molecular complexity index is 374. The highest BCUT2D eigenvalue weighted by atomic mass is 16.6. The molecule has 2 heterocycles. The van der Waals surface area contributed by atoms with Crippen LogP contribution in [0, 0.1) is 5.92 Å². The number of nitrogens with zero attached hydrogens (tertiary/aromatic N) is 2. The van der Waals surface area contributed by atoms with Gasteiger partial charge >= 0.3 is 6.09 Å². The van der Waals surface area contributed by atoms with Crippen molar-refractivity contribution in [1.82, 2.24) is 15.1 Å². The molecule has 0 saturated carbocycles. The monoisotopic (exact) mass is 327 g/mol. The molecule has 6 heteroatoms. The summed E-state index contributed by atoms with van der Waals surface area (Å²) in [6, 6.07) is 0.470. The highest BCUT2D eigenvalue weighted by Gasteiger charge is 2.30. The maximum Gasteiger partial charge on any atom is 0.410 e. The maximum absolute atomic E-state index is 12.1. The van der Waals surface area contributed by atoms with E-state index in [1.807, 2.05) is 25.7 Å². The van der Waals surface area contributed by atoms with Crippen LogP contribution in [0.15, 0.2) is 0 Å². The molecule has 2 aliphatic rings. The second kappa shape index (κ2) is 8.31. The molecule has 134 valence electrons. The van der Waals surface area contributed by atoms with Crippen molar-refractivity contribution in [2.24, 2.45) is 5.92 Å². The lowest BCUT2D eigenvalue weighted by Gasteiger charge is -2.40. The van der Waals surface area contributed by atoms with Gasteiger partial charge in [-0.1, -0.05) is 0 Å². The van der Waals surface area contributed by atoms with Gasteiger partial charge in [-0.15, -0.1) is 0 Å². The minimum Gasteiger partial charge on any atom is -0.444 e. The van der Waals surface area contributed by atoms with Crippen molar-refractivity contribution in [1.29, 1.82) is 0 Å². The van der Waals surface area contributed by atoms with Crippen molar-refractivity contribution < 1.29 is 14.3 Å². The molecule has 0 aromatic carbocycles. The lowest BCUT2D eigenvalue weighted by molar-refractivity contribution is 0.0135. The Kier molecular flexibility index (Phi) is 6.68. The summed E-state index contributed by atoms with van der Waals surface area (Å²) < 4.78 is 10.8. The number of carbonyl (C=O) groups excluding carboxylic acids is 1. The molecular formula is C17H33N3O3. The van der Waals surface area contributed by atoms with Crippen molar-refractivity contribution in [2.45, 2.75) is 45.3 Å². The van der Waals surface area contributed by atoms with Crippen LogP contribution in [0.25, 0.3) is 0 Å². The summed E-state index contributed by atoms with van der Waals surface area (Å²) in [6.07, 6.45) is 1.95. The van der Waals surface area contributed by atoms with Gasteiger partial charge in [0.15, 0.2) is 0 Å². The Morgan fingerprint density at radius 2 is 1.91 bits per heavy atom. The fourth-order valence-corrected chi connectivity index (χ4v) is 3.36.